The average Bonchev–Trinajstić information content (AvgIpc) is 2.73. The van der Waals surface area contributed by atoms with E-state index >= 15 is 0 Å². The number of anilines is 2. The first-order valence-electron chi connectivity index (χ1n) is 8.77. The average molecular weight is 412 g/mol. The number of aromatic amines is 1. The van der Waals surface area contributed by atoms with Crippen molar-refractivity contribution < 1.29 is 9.53 Å². The molecule has 2 aromatic heterocycles. The molecule has 4 N–H and O–H groups in total. The Morgan fingerprint density at radius 1 is 1.21 bits per heavy atom. The third kappa shape index (κ3) is 5.98. The van der Waals surface area contributed by atoms with Crippen molar-refractivity contribution in [3.63, 3.8) is 0 Å². The highest BCUT2D eigenvalue weighted by atomic mass is 32.2. The number of benzene rings is 1. The third-order valence-electron chi connectivity index (χ3n) is 3.71. The molecule has 0 aliphatic carbocycles. The van der Waals surface area contributed by atoms with Gasteiger partial charge in [-0.3, -0.25) is 20.5 Å². The van der Waals surface area contributed by atoms with Crippen molar-refractivity contribution in [3.05, 3.63) is 64.7 Å². The zero-order valence-electron chi connectivity index (χ0n) is 15.9. The quantitative estimate of drug-likeness (QED) is 0.440. The van der Waals surface area contributed by atoms with E-state index < -0.39 is 6.03 Å². The molecule has 29 heavy (non-hydrogen) atoms. The van der Waals surface area contributed by atoms with Crippen LogP contribution in [0.15, 0.2) is 63.2 Å². The van der Waals surface area contributed by atoms with Crippen molar-refractivity contribution >= 4 is 29.6 Å². The molecule has 0 aliphatic rings. The molecule has 9 nitrogen and oxygen atoms in total. The van der Waals surface area contributed by atoms with E-state index in [0.717, 1.165) is 15.5 Å². The number of ether oxygens (including phenoxy) is 1. The van der Waals surface area contributed by atoms with Gasteiger partial charge in [0.2, 0.25) is 5.95 Å². The van der Waals surface area contributed by atoms with Crippen LogP contribution in [-0.2, 0) is 6.42 Å². The highest BCUT2D eigenvalue weighted by Gasteiger charge is 2.06. The number of aromatic nitrogens is 3. The highest BCUT2D eigenvalue weighted by molar-refractivity contribution is 7.99. The number of hydrogen-bond donors (Lipinski definition) is 4. The molecule has 10 heteroatoms. The molecule has 0 fully saturated rings. The lowest BCUT2D eigenvalue weighted by Gasteiger charge is -2.09. The van der Waals surface area contributed by atoms with Crippen LogP contribution < -0.4 is 26.5 Å². The van der Waals surface area contributed by atoms with Gasteiger partial charge in [-0.1, -0.05) is 24.8 Å². The van der Waals surface area contributed by atoms with Gasteiger partial charge in [0.15, 0.2) is 0 Å². The molecule has 150 valence electrons. The Morgan fingerprint density at radius 3 is 2.79 bits per heavy atom. The van der Waals surface area contributed by atoms with Gasteiger partial charge in [-0.25, -0.2) is 20.2 Å². The summed E-state index contributed by atoms with van der Waals surface area (Å²) in [5.41, 5.74) is 5.28. The molecule has 3 rings (SSSR count). The van der Waals surface area contributed by atoms with Crippen LogP contribution in [0.2, 0.25) is 0 Å². The van der Waals surface area contributed by atoms with Gasteiger partial charge in [-0.15, -0.1) is 0 Å². The fourth-order valence-electron chi connectivity index (χ4n) is 2.33. The number of amides is 2. The van der Waals surface area contributed by atoms with Gasteiger partial charge in [0.05, 0.1) is 7.11 Å². The van der Waals surface area contributed by atoms with E-state index in [4.69, 9.17) is 4.74 Å². The Bertz CT molecular complexity index is 1040. The van der Waals surface area contributed by atoms with Crippen molar-refractivity contribution in [1.29, 1.82) is 0 Å². The number of carbonyl (C=O) groups excluding carboxylic acids is 1. The fourth-order valence-corrected chi connectivity index (χ4v) is 3.16. The molecule has 2 amide bonds. The van der Waals surface area contributed by atoms with E-state index in [9.17, 15) is 9.59 Å². The molecule has 0 radical (unpaired) electrons. The summed E-state index contributed by atoms with van der Waals surface area (Å²) in [5.74, 6) is 1.32. The molecule has 0 bridgehead atoms. The number of H-pyrrole nitrogens is 1. The molecule has 3 aromatic rings. The normalized spacial score (nSPS) is 10.3. The van der Waals surface area contributed by atoms with Gasteiger partial charge in [0.1, 0.15) is 11.6 Å². The molecule has 0 spiro atoms. The minimum Gasteiger partial charge on any atom is -0.497 e. The second-order valence-electron chi connectivity index (χ2n) is 5.80. The fraction of sp³-hybridized carbons (Fsp3) is 0.158. The van der Waals surface area contributed by atoms with E-state index in [2.05, 4.69) is 31.1 Å². The Kier molecular flexibility index (Phi) is 6.69. The van der Waals surface area contributed by atoms with Crippen molar-refractivity contribution in [1.82, 2.24) is 20.4 Å². The van der Waals surface area contributed by atoms with E-state index in [-0.39, 0.29) is 11.5 Å². The maximum absolute atomic E-state index is 12.0. The second kappa shape index (κ2) is 9.60. The molecule has 0 atom stereocenters. The Balaban J connectivity index is 1.54. The first-order valence-corrected chi connectivity index (χ1v) is 9.58. The monoisotopic (exact) mass is 412 g/mol. The van der Waals surface area contributed by atoms with E-state index in [0.29, 0.717) is 17.9 Å². The summed E-state index contributed by atoms with van der Waals surface area (Å²) in [4.78, 5) is 36.3. The van der Waals surface area contributed by atoms with Gasteiger partial charge >= 0.3 is 6.03 Å². The molecule has 0 saturated heterocycles. The van der Waals surface area contributed by atoms with Crippen LogP contribution in [0, 0.1) is 0 Å². The molecule has 0 saturated carbocycles. The zero-order chi connectivity index (χ0) is 20.6. The highest BCUT2D eigenvalue weighted by Crippen LogP contribution is 2.29. The van der Waals surface area contributed by atoms with Gasteiger partial charge in [0, 0.05) is 27.7 Å². The van der Waals surface area contributed by atoms with Crippen molar-refractivity contribution in [2.45, 2.75) is 23.1 Å². The minimum absolute atomic E-state index is 0.155. The number of hydrogen-bond acceptors (Lipinski definition) is 7. The molecule has 2 heterocycles. The molecular weight excluding hydrogens is 392 g/mol. The summed E-state index contributed by atoms with van der Waals surface area (Å²) in [6, 6.07) is 12.1. The second-order valence-corrected chi connectivity index (χ2v) is 6.95. The van der Waals surface area contributed by atoms with E-state index in [1.165, 1.54) is 17.8 Å². The molecule has 1 aromatic carbocycles. The lowest BCUT2D eigenvalue weighted by atomic mass is 10.3. The Hall–Kier alpha value is -3.53. The maximum atomic E-state index is 12.0. The van der Waals surface area contributed by atoms with Crippen LogP contribution in [0.3, 0.4) is 0 Å². The van der Waals surface area contributed by atoms with Gasteiger partial charge in [0.25, 0.3) is 5.56 Å². The summed E-state index contributed by atoms with van der Waals surface area (Å²) in [7, 11) is 1.62. The largest absolute Gasteiger partial charge is 0.497 e. The Labute approximate surface area is 171 Å². The molecular formula is C19H20N6O3S. The lowest BCUT2D eigenvalue weighted by molar-refractivity contribution is 0.253. The number of methoxy groups -OCH3 is 1. The van der Waals surface area contributed by atoms with Gasteiger partial charge < -0.3 is 4.74 Å². The van der Waals surface area contributed by atoms with E-state index in [1.54, 1.807) is 19.4 Å². The number of urea groups is 1. The number of nitrogens with one attached hydrogen (secondary N) is 4. The van der Waals surface area contributed by atoms with Crippen LogP contribution >= 0.6 is 11.8 Å². The van der Waals surface area contributed by atoms with Crippen LogP contribution in [0.25, 0.3) is 0 Å². The summed E-state index contributed by atoms with van der Waals surface area (Å²) < 4.78 is 5.22. The first kappa shape index (κ1) is 20.2. The number of hydrazine groups is 1. The van der Waals surface area contributed by atoms with Crippen molar-refractivity contribution in [2.75, 3.05) is 17.9 Å². The maximum Gasteiger partial charge on any atom is 0.339 e. The Morgan fingerprint density at radius 2 is 2.07 bits per heavy atom. The number of nitrogens with zero attached hydrogens (tertiary/aromatic N) is 2. The predicted octanol–water partition coefficient (Wildman–Crippen LogP) is 3.04. The van der Waals surface area contributed by atoms with Crippen molar-refractivity contribution in [2.24, 2.45) is 0 Å². The van der Waals surface area contributed by atoms with Gasteiger partial charge in [-0.05, 0) is 36.8 Å². The number of aryl methyl sites for hydroxylation is 1. The van der Waals surface area contributed by atoms with E-state index in [1.807, 2.05) is 37.3 Å². The standard InChI is InChI=1S/C19H20N6O3S/c1-3-12-9-17(26)23-18(21-12)24-25-19(27)22-16-8-7-15(11-20-16)29-14-6-4-5-13(10-14)28-2/h4-11H,3H2,1-2H3,(H2,20,22,25,27)(H2,21,23,24,26). The lowest BCUT2D eigenvalue weighted by Crippen LogP contribution is -2.35. The topological polar surface area (TPSA) is 121 Å². The van der Waals surface area contributed by atoms with Crippen LogP contribution in [0.5, 0.6) is 5.75 Å². The zero-order valence-corrected chi connectivity index (χ0v) is 16.7. The smallest absolute Gasteiger partial charge is 0.339 e. The van der Waals surface area contributed by atoms with Crippen LogP contribution in [-0.4, -0.2) is 28.1 Å². The summed E-state index contributed by atoms with van der Waals surface area (Å²) >= 11 is 1.53. The summed E-state index contributed by atoms with van der Waals surface area (Å²) in [6.45, 7) is 1.88. The third-order valence-corrected chi connectivity index (χ3v) is 4.67. The number of rotatable bonds is 7. The predicted molar refractivity (Wildman–Crippen MR) is 111 cm³/mol. The first-order chi connectivity index (χ1) is 14.1. The summed E-state index contributed by atoms with van der Waals surface area (Å²) in [6.07, 6.45) is 2.27. The van der Waals surface area contributed by atoms with Crippen LogP contribution in [0.4, 0.5) is 16.6 Å². The summed E-state index contributed by atoms with van der Waals surface area (Å²) in [5, 5.41) is 2.59. The number of pyridine rings is 1. The number of carbonyl (C=O) groups is 1. The van der Waals surface area contributed by atoms with Crippen molar-refractivity contribution in [3.8, 4) is 5.75 Å². The molecule has 0 unspecified atom stereocenters. The minimum atomic E-state index is -0.546. The van der Waals surface area contributed by atoms with Gasteiger partial charge in [-0.2, -0.15) is 0 Å². The SMILES string of the molecule is CCc1cc(=O)[nH]c(NNC(=O)Nc2ccc(Sc3cccc(OC)c3)cn2)n1. The van der Waals surface area contributed by atoms with Crippen LogP contribution in [0.1, 0.15) is 12.6 Å². The molecule has 0 aliphatic heterocycles.